The summed E-state index contributed by atoms with van der Waals surface area (Å²) in [6.45, 7) is 5.27. The zero-order valence-electron chi connectivity index (χ0n) is 18.4. The van der Waals surface area contributed by atoms with Crippen LogP contribution in [0, 0.1) is 19.7 Å². The average Bonchev–Trinajstić information content (AvgIpc) is 3.19. The minimum absolute atomic E-state index is 0.0320. The number of halogens is 1. The van der Waals surface area contributed by atoms with E-state index in [1.807, 2.05) is 26.0 Å². The standard InChI is InChI=1S/C23H23FN4O3S2/c1-4-32-22-26-20-19(33-22)21(30)28(15-8-5-13(2)6-9-15)23(31)27(20)12-18(29)25-17-10-7-14(3)11-16(17)24/h5-11,19-20H,4,12H2,1-3H3,(H,25,29). The molecule has 2 aromatic rings. The number of hydrogen-bond acceptors (Lipinski definition) is 6. The summed E-state index contributed by atoms with van der Waals surface area (Å²) >= 11 is 2.79. The Morgan fingerprint density at radius 3 is 2.52 bits per heavy atom. The normalized spacial score (nSPS) is 20.1. The van der Waals surface area contributed by atoms with E-state index in [1.165, 1.54) is 40.6 Å². The van der Waals surface area contributed by atoms with Crippen molar-refractivity contribution in [2.24, 2.45) is 4.99 Å². The van der Waals surface area contributed by atoms with Gasteiger partial charge in [-0.15, -0.1) is 11.8 Å². The third-order valence-electron chi connectivity index (χ3n) is 5.23. The molecule has 0 radical (unpaired) electrons. The van der Waals surface area contributed by atoms with Gasteiger partial charge in [0.1, 0.15) is 28.2 Å². The van der Waals surface area contributed by atoms with E-state index >= 15 is 0 Å². The predicted octanol–water partition coefficient (Wildman–Crippen LogP) is 4.40. The van der Waals surface area contributed by atoms with E-state index in [0.29, 0.717) is 10.1 Å². The number of nitrogens with zero attached hydrogens (tertiary/aromatic N) is 3. The number of urea groups is 1. The Balaban J connectivity index is 1.62. The van der Waals surface area contributed by atoms with Gasteiger partial charge in [-0.3, -0.25) is 14.5 Å². The first-order valence-corrected chi connectivity index (χ1v) is 12.3. The fourth-order valence-corrected chi connectivity index (χ4v) is 5.89. The quantitative estimate of drug-likeness (QED) is 0.678. The van der Waals surface area contributed by atoms with Crippen LogP contribution in [-0.4, -0.2) is 50.8 Å². The van der Waals surface area contributed by atoms with Gasteiger partial charge in [0.15, 0.2) is 0 Å². The lowest BCUT2D eigenvalue weighted by molar-refractivity contribution is -0.122. The molecule has 1 fully saturated rings. The van der Waals surface area contributed by atoms with Gasteiger partial charge in [0.25, 0.3) is 5.91 Å². The van der Waals surface area contributed by atoms with Gasteiger partial charge in [0.05, 0.1) is 11.4 Å². The molecule has 0 bridgehead atoms. The zero-order valence-corrected chi connectivity index (χ0v) is 20.0. The number of anilines is 2. The minimum atomic E-state index is -0.792. The van der Waals surface area contributed by atoms with Crippen LogP contribution in [0.2, 0.25) is 0 Å². The van der Waals surface area contributed by atoms with E-state index < -0.39 is 29.2 Å². The summed E-state index contributed by atoms with van der Waals surface area (Å²) < 4.78 is 14.9. The molecule has 0 aromatic heterocycles. The molecule has 2 aromatic carbocycles. The van der Waals surface area contributed by atoms with Crippen LogP contribution in [-0.2, 0) is 9.59 Å². The number of rotatable bonds is 5. The number of nitrogens with one attached hydrogen (secondary N) is 1. The summed E-state index contributed by atoms with van der Waals surface area (Å²) in [7, 11) is 0. The SMILES string of the molecule is CCSC1=NC2C(S1)C(=O)N(c1ccc(C)cc1)C(=O)N2CC(=O)Nc1ccc(C)cc1F. The summed E-state index contributed by atoms with van der Waals surface area (Å²) in [5, 5.41) is 1.87. The summed E-state index contributed by atoms with van der Waals surface area (Å²) in [5.74, 6) is -0.725. The fourth-order valence-electron chi connectivity index (χ4n) is 3.60. The highest BCUT2D eigenvalue weighted by Gasteiger charge is 2.51. The number of amides is 4. The Hall–Kier alpha value is -2.85. The summed E-state index contributed by atoms with van der Waals surface area (Å²) in [5.41, 5.74) is 2.18. The summed E-state index contributed by atoms with van der Waals surface area (Å²) in [6.07, 6.45) is -0.792. The van der Waals surface area contributed by atoms with Crippen molar-refractivity contribution < 1.29 is 18.8 Å². The highest BCUT2D eigenvalue weighted by molar-refractivity contribution is 8.39. The smallest absolute Gasteiger partial charge is 0.322 e. The third-order valence-corrected chi connectivity index (χ3v) is 7.52. The van der Waals surface area contributed by atoms with Crippen LogP contribution < -0.4 is 10.2 Å². The lowest BCUT2D eigenvalue weighted by Gasteiger charge is -2.39. The summed E-state index contributed by atoms with van der Waals surface area (Å²) in [6, 6.07) is 10.9. The lowest BCUT2D eigenvalue weighted by atomic mass is 10.1. The van der Waals surface area contributed by atoms with Crippen molar-refractivity contribution in [3.63, 3.8) is 0 Å². The highest BCUT2D eigenvalue weighted by Crippen LogP contribution is 2.39. The first-order chi connectivity index (χ1) is 15.8. The van der Waals surface area contributed by atoms with E-state index in [1.54, 1.807) is 25.1 Å². The number of imide groups is 1. The monoisotopic (exact) mass is 486 g/mol. The molecule has 1 saturated heterocycles. The van der Waals surface area contributed by atoms with E-state index in [0.717, 1.165) is 21.8 Å². The number of benzene rings is 2. The Kier molecular flexibility index (Phi) is 6.76. The molecule has 2 heterocycles. The summed E-state index contributed by atoms with van der Waals surface area (Å²) in [4.78, 5) is 46.4. The molecule has 4 amide bonds. The number of aryl methyl sites for hydroxylation is 2. The minimum Gasteiger partial charge on any atom is -0.322 e. The number of carbonyl (C=O) groups excluding carboxylic acids is 3. The van der Waals surface area contributed by atoms with Gasteiger partial charge in [0.2, 0.25) is 5.91 Å². The van der Waals surface area contributed by atoms with Gasteiger partial charge < -0.3 is 5.32 Å². The van der Waals surface area contributed by atoms with Crippen LogP contribution >= 0.6 is 23.5 Å². The molecule has 172 valence electrons. The Morgan fingerprint density at radius 2 is 1.85 bits per heavy atom. The molecule has 7 nitrogen and oxygen atoms in total. The zero-order chi connectivity index (χ0) is 23.7. The van der Waals surface area contributed by atoms with Crippen molar-refractivity contribution in [1.82, 2.24) is 4.90 Å². The molecule has 10 heteroatoms. The first-order valence-electron chi connectivity index (χ1n) is 10.4. The van der Waals surface area contributed by atoms with Crippen LogP contribution in [0.25, 0.3) is 0 Å². The van der Waals surface area contributed by atoms with Gasteiger partial charge in [-0.2, -0.15) is 0 Å². The molecule has 0 saturated carbocycles. The maximum Gasteiger partial charge on any atom is 0.333 e. The molecule has 1 N–H and O–H groups in total. The average molecular weight is 487 g/mol. The van der Waals surface area contributed by atoms with Gasteiger partial charge in [0, 0.05) is 0 Å². The Morgan fingerprint density at radius 1 is 1.15 bits per heavy atom. The van der Waals surface area contributed by atoms with Crippen LogP contribution in [0.15, 0.2) is 47.5 Å². The van der Waals surface area contributed by atoms with Crippen LogP contribution in [0.4, 0.5) is 20.6 Å². The molecule has 0 aliphatic carbocycles. The first kappa shape index (κ1) is 23.3. The highest BCUT2D eigenvalue weighted by atomic mass is 32.2. The second-order valence-electron chi connectivity index (χ2n) is 7.73. The van der Waals surface area contributed by atoms with Crippen molar-refractivity contribution in [3.05, 3.63) is 59.4 Å². The number of thioether (sulfide) groups is 2. The molecular formula is C23H23FN4O3S2. The molecular weight excluding hydrogens is 463 g/mol. The maximum absolute atomic E-state index is 14.2. The van der Waals surface area contributed by atoms with Gasteiger partial charge in [-0.05, 0) is 49.4 Å². The van der Waals surface area contributed by atoms with Crippen molar-refractivity contribution in [3.8, 4) is 0 Å². The largest absolute Gasteiger partial charge is 0.333 e. The third kappa shape index (κ3) is 4.77. The molecule has 0 spiro atoms. The molecule has 2 aliphatic rings. The van der Waals surface area contributed by atoms with E-state index in [9.17, 15) is 18.8 Å². The number of fused-ring (bicyclic) bond motifs is 1. The lowest BCUT2D eigenvalue weighted by Crippen LogP contribution is -2.63. The van der Waals surface area contributed by atoms with Gasteiger partial charge >= 0.3 is 6.03 Å². The Bertz CT molecular complexity index is 1140. The number of aliphatic imine (C=N–C) groups is 1. The van der Waals surface area contributed by atoms with Crippen molar-refractivity contribution >= 4 is 57.1 Å². The molecule has 2 aliphatic heterocycles. The van der Waals surface area contributed by atoms with Gasteiger partial charge in [-0.1, -0.05) is 42.4 Å². The second kappa shape index (κ2) is 9.56. The topological polar surface area (TPSA) is 82.1 Å². The molecule has 2 atom stereocenters. The number of hydrogen-bond donors (Lipinski definition) is 1. The van der Waals surface area contributed by atoms with E-state index in [4.69, 9.17) is 0 Å². The van der Waals surface area contributed by atoms with E-state index in [2.05, 4.69) is 10.3 Å². The maximum atomic E-state index is 14.2. The van der Waals surface area contributed by atoms with Crippen molar-refractivity contribution in [1.29, 1.82) is 0 Å². The van der Waals surface area contributed by atoms with Crippen LogP contribution in [0.1, 0.15) is 18.1 Å². The van der Waals surface area contributed by atoms with Crippen LogP contribution in [0.5, 0.6) is 0 Å². The second-order valence-corrected chi connectivity index (χ2v) is 10.4. The van der Waals surface area contributed by atoms with Crippen molar-refractivity contribution in [2.75, 3.05) is 22.5 Å². The van der Waals surface area contributed by atoms with Crippen molar-refractivity contribution in [2.45, 2.75) is 32.2 Å². The van der Waals surface area contributed by atoms with Gasteiger partial charge in [-0.25, -0.2) is 19.1 Å². The molecule has 4 rings (SSSR count). The van der Waals surface area contributed by atoms with Crippen LogP contribution in [0.3, 0.4) is 0 Å². The Labute approximate surface area is 199 Å². The van der Waals surface area contributed by atoms with E-state index in [-0.39, 0.29) is 18.1 Å². The molecule has 2 unspecified atom stereocenters. The fraction of sp³-hybridized carbons (Fsp3) is 0.304. The predicted molar refractivity (Wildman–Crippen MR) is 131 cm³/mol. The molecule has 33 heavy (non-hydrogen) atoms. The number of carbonyl (C=O) groups is 3.